The molecule has 0 heterocycles. The summed E-state index contributed by atoms with van der Waals surface area (Å²) in [6.45, 7) is 3.94. The molecule has 0 aliphatic rings. The van der Waals surface area contributed by atoms with Gasteiger partial charge in [0.1, 0.15) is 12.4 Å². The fraction of sp³-hybridized carbons (Fsp3) is 0.364. The van der Waals surface area contributed by atoms with Crippen molar-refractivity contribution in [2.45, 2.75) is 13.8 Å². The smallest absolute Gasteiger partial charge is 0.325 e. The normalized spacial score (nSPS) is 10.0. The molecule has 0 bridgehead atoms. The molecular formula is C11H13BrFNO2. The van der Waals surface area contributed by atoms with Crippen molar-refractivity contribution in [3.05, 3.63) is 28.0 Å². The third-order valence-corrected chi connectivity index (χ3v) is 2.60. The van der Waals surface area contributed by atoms with Gasteiger partial charge in [0.05, 0.1) is 11.1 Å². The number of hydrogen-bond acceptors (Lipinski definition) is 3. The maximum absolute atomic E-state index is 13.1. The van der Waals surface area contributed by atoms with Crippen molar-refractivity contribution < 1.29 is 13.9 Å². The summed E-state index contributed by atoms with van der Waals surface area (Å²) in [6, 6.07) is 3.00. The lowest BCUT2D eigenvalue weighted by Gasteiger charge is -2.09. The van der Waals surface area contributed by atoms with Crippen LogP contribution in [0.3, 0.4) is 0 Å². The first-order valence-electron chi connectivity index (χ1n) is 4.89. The molecule has 88 valence electrons. The van der Waals surface area contributed by atoms with Gasteiger partial charge >= 0.3 is 5.97 Å². The van der Waals surface area contributed by atoms with Crippen molar-refractivity contribution in [3.8, 4) is 0 Å². The molecule has 0 saturated heterocycles. The number of halogens is 2. The lowest BCUT2D eigenvalue weighted by Crippen LogP contribution is -2.17. The Morgan fingerprint density at radius 2 is 2.25 bits per heavy atom. The van der Waals surface area contributed by atoms with Crippen molar-refractivity contribution in [2.24, 2.45) is 0 Å². The number of carbonyl (C=O) groups is 1. The van der Waals surface area contributed by atoms with Crippen LogP contribution in [-0.4, -0.2) is 19.1 Å². The Balaban J connectivity index is 2.67. The zero-order chi connectivity index (χ0) is 12.1. The Kier molecular flexibility index (Phi) is 4.73. The molecule has 0 aromatic heterocycles. The van der Waals surface area contributed by atoms with E-state index in [2.05, 4.69) is 21.2 Å². The van der Waals surface area contributed by atoms with Crippen molar-refractivity contribution in [3.63, 3.8) is 0 Å². The number of nitrogens with one attached hydrogen (secondary N) is 1. The summed E-state index contributed by atoms with van der Waals surface area (Å²) >= 11 is 3.09. The Morgan fingerprint density at radius 1 is 1.56 bits per heavy atom. The van der Waals surface area contributed by atoms with Crippen LogP contribution in [0.25, 0.3) is 0 Å². The van der Waals surface area contributed by atoms with Gasteiger partial charge < -0.3 is 10.1 Å². The van der Waals surface area contributed by atoms with Gasteiger partial charge in [0, 0.05) is 5.69 Å². The number of carbonyl (C=O) groups excluding carboxylic acids is 1. The van der Waals surface area contributed by atoms with E-state index in [9.17, 15) is 9.18 Å². The molecule has 0 unspecified atom stereocenters. The van der Waals surface area contributed by atoms with Crippen LogP contribution in [0, 0.1) is 12.7 Å². The number of anilines is 1. The molecule has 16 heavy (non-hydrogen) atoms. The topological polar surface area (TPSA) is 38.3 Å². The van der Waals surface area contributed by atoms with E-state index >= 15 is 0 Å². The van der Waals surface area contributed by atoms with Gasteiger partial charge in [-0.3, -0.25) is 4.79 Å². The van der Waals surface area contributed by atoms with E-state index in [-0.39, 0.29) is 18.3 Å². The van der Waals surface area contributed by atoms with Gasteiger partial charge in [0.15, 0.2) is 0 Å². The number of benzene rings is 1. The zero-order valence-corrected chi connectivity index (χ0v) is 10.7. The second-order valence-corrected chi connectivity index (χ2v) is 4.09. The highest BCUT2D eigenvalue weighted by atomic mass is 79.9. The highest BCUT2D eigenvalue weighted by Gasteiger charge is 2.07. The van der Waals surface area contributed by atoms with Crippen LogP contribution < -0.4 is 5.32 Å². The van der Waals surface area contributed by atoms with Gasteiger partial charge in [0.25, 0.3) is 0 Å². The Morgan fingerprint density at radius 3 is 2.88 bits per heavy atom. The van der Waals surface area contributed by atoms with Crippen LogP contribution in [0.1, 0.15) is 12.5 Å². The Labute approximate surface area is 102 Å². The van der Waals surface area contributed by atoms with Crippen LogP contribution in [0.15, 0.2) is 16.6 Å². The third-order valence-electron chi connectivity index (χ3n) is 2.00. The minimum Gasteiger partial charge on any atom is -0.465 e. The van der Waals surface area contributed by atoms with Gasteiger partial charge in [0.2, 0.25) is 0 Å². The monoisotopic (exact) mass is 289 g/mol. The summed E-state index contributed by atoms with van der Waals surface area (Å²) in [5.41, 5.74) is 1.45. The molecule has 1 aromatic rings. The molecule has 1 N–H and O–H groups in total. The van der Waals surface area contributed by atoms with Crippen LogP contribution in [0.2, 0.25) is 0 Å². The molecule has 3 nitrogen and oxygen atoms in total. The molecule has 0 radical (unpaired) electrons. The van der Waals surface area contributed by atoms with Crippen LogP contribution in [0.5, 0.6) is 0 Å². The fourth-order valence-corrected chi connectivity index (χ4v) is 1.56. The molecule has 1 rings (SSSR count). The molecule has 0 aliphatic carbocycles. The minimum absolute atomic E-state index is 0.0761. The Bertz CT molecular complexity index is 396. The third kappa shape index (κ3) is 3.48. The lowest BCUT2D eigenvalue weighted by atomic mass is 10.2. The second kappa shape index (κ2) is 5.84. The molecule has 0 fully saturated rings. The first-order chi connectivity index (χ1) is 7.54. The summed E-state index contributed by atoms with van der Waals surface area (Å²) in [7, 11) is 0. The van der Waals surface area contributed by atoms with E-state index in [4.69, 9.17) is 4.74 Å². The van der Waals surface area contributed by atoms with Gasteiger partial charge in [-0.05, 0) is 47.5 Å². The predicted molar refractivity (Wildman–Crippen MR) is 64.0 cm³/mol. The second-order valence-electron chi connectivity index (χ2n) is 3.24. The van der Waals surface area contributed by atoms with Gasteiger partial charge in [-0.2, -0.15) is 0 Å². The fourth-order valence-electron chi connectivity index (χ4n) is 1.22. The summed E-state index contributed by atoms with van der Waals surface area (Å²) in [5.74, 6) is -0.651. The van der Waals surface area contributed by atoms with E-state index in [1.165, 1.54) is 6.07 Å². The van der Waals surface area contributed by atoms with Crippen molar-refractivity contribution in [1.82, 2.24) is 0 Å². The average Bonchev–Trinajstić information content (AvgIpc) is 2.22. The van der Waals surface area contributed by atoms with Crippen LogP contribution in [-0.2, 0) is 9.53 Å². The van der Waals surface area contributed by atoms with Crippen LogP contribution >= 0.6 is 15.9 Å². The highest BCUT2D eigenvalue weighted by Crippen LogP contribution is 2.23. The maximum atomic E-state index is 13.1. The van der Waals surface area contributed by atoms with E-state index < -0.39 is 0 Å². The molecule has 0 aliphatic heterocycles. The molecule has 1 aromatic carbocycles. The standard InChI is InChI=1S/C11H13BrFNO2/c1-3-16-11(15)6-14-10-5-8(12)9(13)4-7(10)2/h4-5,14H,3,6H2,1-2H3. The SMILES string of the molecule is CCOC(=O)CNc1cc(Br)c(F)cc1C. The maximum Gasteiger partial charge on any atom is 0.325 e. The summed E-state index contributed by atoms with van der Waals surface area (Å²) in [5, 5.41) is 2.89. The largest absolute Gasteiger partial charge is 0.465 e. The van der Waals surface area contributed by atoms with Gasteiger partial charge in [-0.15, -0.1) is 0 Å². The molecular weight excluding hydrogens is 277 g/mol. The molecule has 0 spiro atoms. The predicted octanol–water partition coefficient (Wildman–Crippen LogP) is 2.87. The van der Waals surface area contributed by atoms with Crippen molar-refractivity contribution in [2.75, 3.05) is 18.5 Å². The van der Waals surface area contributed by atoms with Crippen molar-refractivity contribution >= 4 is 27.6 Å². The lowest BCUT2D eigenvalue weighted by molar-refractivity contribution is -0.140. The first kappa shape index (κ1) is 13.0. The van der Waals surface area contributed by atoms with Crippen LogP contribution in [0.4, 0.5) is 10.1 Å². The molecule has 0 atom stereocenters. The van der Waals surface area contributed by atoms with E-state index in [1.807, 2.05) is 0 Å². The average molecular weight is 290 g/mol. The summed E-state index contributed by atoms with van der Waals surface area (Å²) < 4.78 is 18.2. The molecule has 5 heteroatoms. The number of rotatable bonds is 4. The minimum atomic E-state index is -0.331. The zero-order valence-electron chi connectivity index (χ0n) is 9.14. The molecule has 0 saturated carbocycles. The highest BCUT2D eigenvalue weighted by molar-refractivity contribution is 9.10. The number of hydrogen-bond donors (Lipinski definition) is 1. The molecule has 0 amide bonds. The quantitative estimate of drug-likeness (QED) is 0.867. The number of aryl methyl sites for hydroxylation is 1. The summed E-state index contributed by atoms with van der Waals surface area (Å²) in [4.78, 5) is 11.1. The first-order valence-corrected chi connectivity index (χ1v) is 5.69. The summed E-state index contributed by atoms with van der Waals surface area (Å²) in [6.07, 6.45) is 0. The van der Waals surface area contributed by atoms with Gasteiger partial charge in [-0.1, -0.05) is 0 Å². The van der Waals surface area contributed by atoms with E-state index in [0.29, 0.717) is 16.8 Å². The van der Waals surface area contributed by atoms with E-state index in [1.54, 1.807) is 19.9 Å². The van der Waals surface area contributed by atoms with Crippen molar-refractivity contribution in [1.29, 1.82) is 0 Å². The van der Waals surface area contributed by atoms with E-state index in [0.717, 1.165) is 5.56 Å². The number of esters is 1. The number of ether oxygens (including phenoxy) is 1. The Hall–Kier alpha value is -1.10. The van der Waals surface area contributed by atoms with Gasteiger partial charge in [-0.25, -0.2) is 4.39 Å².